The monoisotopic (exact) mass is 722 g/mol. The number of hydrogen-bond donors (Lipinski definition) is 3. The van der Waals surface area contributed by atoms with E-state index in [0.29, 0.717) is 44.0 Å². The lowest BCUT2D eigenvalue weighted by Gasteiger charge is -2.41. The van der Waals surface area contributed by atoms with Gasteiger partial charge in [-0.3, -0.25) is 9.69 Å². The number of halogens is 1. The summed E-state index contributed by atoms with van der Waals surface area (Å²) >= 11 is 3.58. The molecule has 2 aromatic carbocycles. The molecule has 2 aromatic heterocycles. The van der Waals surface area contributed by atoms with E-state index in [2.05, 4.69) is 65.7 Å². The summed E-state index contributed by atoms with van der Waals surface area (Å²) in [5.41, 5.74) is 3.73. The fraction of sp³-hybridized carbons (Fsp3) is 0.441. The average Bonchev–Trinajstić information content (AvgIpc) is 3.07. The second-order valence-electron chi connectivity index (χ2n) is 12.7. The lowest BCUT2D eigenvalue weighted by molar-refractivity contribution is 0.150. The van der Waals surface area contributed by atoms with Gasteiger partial charge in [-0.05, 0) is 78.4 Å². The molecular weight excluding hydrogens is 679 g/mol. The van der Waals surface area contributed by atoms with Gasteiger partial charge in [-0.1, -0.05) is 6.92 Å². The Hall–Kier alpha value is -3.44. The molecule has 0 radical (unpaired) electrons. The van der Waals surface area contributed by atoms with Gasteiger partial charge in [0.15, 0.2) is 0 Å². The van der Waals surface area contributed by atoms with E-state index in [1.165, 1.54) is 15.8 Å². The maximum Gasteiger partial charge on any atom is 0.258 e. The van der Waals surface area contributed by atoms with E-state index in [-0.39, 0.29) is 5.56 Å². The number of piperazine rings is 1. The van der Waals surface area contributed by atoms with Gasteiger partial charge in [-0.2, -0.15) is 4.98 Å². The minimum Gasteiger partial charge on any atom is -0.494 e. The fourth-order valence-electron chi connectivity index (χ4n) is 6.83. The second kappa shape index (κ2) is 14.0. The molecular formula is C34H44BrN8O3P. The topological polar surface area (TPSA) is 117 Å². The van der Waals surface area contributed by atoms with Gasteiger partial charge in [-0.25, -0.2) is 4.98 Å². The molecule has 0 saturated carbocycles. The molecule has 0 spiro atoms. The molecule has 250 valence electrons. The van der Waals surface area contributed by atoms with Crippen molar-refractivity contribution in [2.24, 2.45) is 7.05 Å². The van der Waals surface area contributed by atoms with Crippen LogP contribution in [0.5, 0.6) is 5.75 Å². The molecule has 0 amide bonds. The first-order chi connectivity index (χ1) is 22.6. The number of nitrogens with one attached hydrogen (secondary N) is 3. The maximum atomic E-state index is 13.6. The molecule has 0 bridgehead atoms. The summed E-state index contributed by atoms with van der Waals surface area (Å²) in [5.74, 6) is 1.60. The van der Waals surface area contributed by atoms with Crippen LogP contribution in [0.4, 0.5) is 28.8 Å². The van der Waals surface area contributed by atoms with Crippen LogP contribution >= 0.6 is 23.1 Å². The number of nitrogens with zero attached hydrogens (tertiary/aromatic N) is 5. The molecule has 4 aromatic rings. The number of piperidine rings is 1. The third-order valence-electron chi connectivity index (χ3n) is 9.27. The van der Waals surface area contributed by atoms with Crippen LogP contribution in [0.25, 0.3) is 10.8 Å². The number of pyridine rings is 1. The van der Waals surface area contributed by atoms with Crippen molar-refractivity contribution in [2.75, 3.05) is 75.2 Å². The summed E-state index contributed by atoms with van der Waals surface area (Å²) in [6.45, 7) is 12.1. The number of rotatable bonds is 9. The van der Waals surface area contributed by atoms with Gasteiger partial charge in [0.25, 0.3) is 5.56 Å². The largest absolute Gasteiger partial charge is 0.494 e. The highest BCUT2D eigenvalue weighted by molar-refractivity contribution is 9.10. The quantitative estimate of drug-likeness (QED) is 0.197. The van der Waals surface area contributed by atoms with Crippen LogP contribution in [0.15, 0.2) is 52.0 Å². The van der Waals surface area contributed by atoms with Gasteiger partial charge in [0.05, 0.1) is 23.0 Å². The maximum absolute atomic E-state index is 13.6. The smallest absolute Gasteiger partial charge is 0.258 e. The van der Waals surface area contributed by atoms with Crippen molar-refractivity contribution in [1.82, 2.24) is 24.8 Å². The van der Waals surface area contributed by atoms with Gasteiger partial charge in [0, 0.05) is 92.6 Å². The third kappa shape index (κ3) is 7.06. The number of ether oxygens (including phenoxy) is 1. The molecule has 0 unspecified atom stereocenters. The molecule has 0 atom stereocenters. The number of methoxy groups -OCH3 is 1. The Labute approximate surface area is 284 Å². The van der Waals surface area contributed by atoms with Crippen LogP contribution in [0, 0.1) is 0 Å². The van der Waals surface area contributed by atoms with E-state index < -0.39 is 7.14 Å². The molecule has 2 aliphatic rings. The Morgan fingerprint density at radius 3 is 2.47 bits per heavy atom. The Morgan fingerprint density at radius 1 is 1.04 bits per heavy atom. The molecule has 13 heteroatoms. The summed E-state index contributed by atoms with van der Waals surface area (Å²) in [4.78, 5) is 27.3. The fourth-order valence-corrected chi connectivity index (χ4v) is 8.60. The number of aromatic nitrogens is 3. The van der Waals surface area contributed by atoms with E-state index in [4.69, 9.17) is 9.72 Å². The Balaban J connectivity index is 1.26. The number of benzene rings is 2. The molecule has 2 aliphatic heterocycles. The van der Waals surface area contributed by atoms with Crippen LogP contribution < -0.4 is 36.5 Å². The summed E-state index contributed by atoms with van der Waals surface area (Å²) in [6, 6.07) is 10.3. The number of anilines is 5. The molecule has 2 fully saturated rings. The van der Waals surface area contributed by atoms with E-state index in [1.807, 2.05) is 6.07 Å². The van der Waals surface area contributed by atoms with Gasteiger partial charge >= 0.3 is 0 Å². The van der Waals surface area contributed by atoms with Crippen LogP contribution in [-0.4, -0.2) is 85.2 Å². The number of hydrogen-bond acceptors (Lipinski definition) is 10. The molecule has 4 heterocycles. The Morgan fingerprint density at radius 2 is 1.79 bits per heavy atom. The minimum atomic E-state index is -2.81. The normalized spacial score (nSPS) is 16.4. The lowest BCUT2D eigenvalue weighted by Crippen LogP contribution is -2.52. The Kier molecular flexibility index (Phi) is 9.94. The van der Waals surface area contributed by atoms with Crippen molar-refractivity contribution in [3.63, 3.8) is 0 Å². The van der Waals surface area contributed by atoms with E-state index in [9.17, 15) is 9.36 Å². The minimum absolute atomic E-state index is 0.135. The van der Waals surface area contributed by atoms with E-state index in [0.717, 1.165) is 70.0 Å². The van der Waals surface area contributed by atoms with Gasteiger partial charge < -0.3 is 34.7 Å². The molecule has 6 rings (SSSR count). The summed E-state index contributed by atoms with van der Waals surface area (Å²) in [6.07, 6.45) is 6.58. The first-order valence-electron chi connectivity index (χ1n) is 16.2. The van der Waals surface area contributed by atoms with Crippen LogP contribution in [-0.2, 0) is 18.0 Å². The highest BCUT2D eigenvalue weighted by Crippen LogP contribution is 2.42. The summed E-state index contributed by atoms with van der Waals surface area (Å²) < 4.78 is 21.6. The standard InChI is InChI=1S/C34H44BrN8O3P/c1-6-22-19-28(30(46-3)20-29(22)43-15-9-23(10-16-43)42-17-12-36-13-18-42)39-34-37-21-26(35)32(40-34)38-27-8-7-25-24(31(27)47(4,5)45)11-14-41(2)33(25)44/h7-8,11,14,19-21,23,36H,6,9-10,12-13,15-18H2,1-5H3,(H2,37,38,39,40). The number of fused-ring (bicyclic) bond motifs is 1. The highest BCUT2D eigenvalue weighted by Gasteiger charge is 2.27. The van der Waals surface area contributed by atoms with Crippen LogP contribution in [0.3, 0.4) is 0 Å². The SMILES string of the molecule is CCc1cc(Nc2ncc(Br)c(Nc3ccc4c(=O)n(C)ccc4c3P(C)(C)=O)n2)c(OC)cc1N1CCC(N2CCNCC2)CC1. The average molecular weight is 724 g/mol. The van der Waals surface area contributed by atoms with Crippen molar-refractivity contribution >= 4 is 68.0 Å². The third-order valence-corrected chi connectivity index (χ3v) is 11.4. The van der Waals surface area contributed by atoms with Crippen molar-refractivity contribution in [3.8, 4) is 5.75 Å². The first kappa shape index (κ1) is 33.5. The molecule has 3 N–H and O–H groups in total. The van der Waals surface area contributed by atoms with Crippen LogP contribution in [0.1, 0.15) is 25.3 Å². The molecule has 2 saturated heterocycles. The molecule has 0 aliphatic carbocycles. The Bertz CT molecular complexity index is 1880. The van der Waals surface area contributed by atoms with Gasteiger partial charge in [0.2, 0.25) is 5.95 Å². The van der Waals surface area contributed by atoms with E-state index in [1.54, 1.807) is 52.0 Å². The summed E-state index contributed by atoms with van der Waals surface area (Å²) in [7, 11) is 0.581. The molecule has 11 nitrogen and oxygen atoms in total. The van der Waals surface area contributed by atoms with Crippen molar-refractivity contribution in [1.29, 1.82) is 0 Å². The molecule has 47 heavy (non-hydrogen) atoms. The predicted octanol–water partition coefficient (Wildman–Crippen LogP) is 5.27. The predicted molar refractivity (Wildman–Crippen MR) is 197 cm³/mol. The van der Waals surface area contributed by atoms with Crippen LogP contribution in [0.2, 0.25) is 0 Å². The highest BCUT2D eigenvalue weighted by atomic mass is 79.9. The van der Waals surface area contributed by atoms with Gasteiger partial charge in [-0.15, -0.1) is 0 Å². The number of aryl methyl sites for hydroxylation is 2. The zero-order valence-electron chi connectivity index (χ0n) is 27.8. The van der Waals surface area contributed by atoms with Crippen molar-refractivity contribution in [2.45, 2.75) is 32.2 Å². The second-order valence-corrected chi connectivity index (χ2v) is 16.7. The van der Waals surface area contributed by atoms with Gasteiger partial charge in [0.1, 0.15) is 18.7 Å². The summed E-state index contributed by atoms with van der Waals surface area (Å²) in [5, 5.41) is 12.0. The zero-order valence-corrected chi connectivity index (χ0v) is 30.2. The zero-order chi connectivity index (χ0) is 33.3. The van der Waals surface area contributed by atoms with Crippen molar-refractivity contribution in [3.05, 3.63) is 63.1 Å². The first-order valence-corrected chi connectivity index (χ1v) is 19.6. The van der Waals surface area contributed by atoms with Crippen molar-refractivity contribution < 1.29 is 9.30 Å². The lowest BCUT2D eigenvalue weighted by atomic mass is 9.99. The van der Waals surface area contributed by atoms with E-state index >= 15 is 0 Å².